The zero-order valence-electron chi connectivity index (χ0n) is 11.8. The minimum absolute atomic E-state index is 0.854. The van der Waals surface area contributed by atoms with Crippen molar-refractivity contribution in [1.29, 1.82) is 0 Å². The van der Waals surface area contributed by atoms with Crippen molar-refractivity contribution in [2.24, 2.45) is 0 Å². The molecule has 4 nitrogen and oxygen atoms in total. The van der Waals surface area contributed by atoms with Crippen LogP contribution in [0.15, 0.2) is 36.7 Å². The number of nitrogens with one attached hydrogen (secondary N) is 1. The van der Waals surface area contributed by atoms with Crippen LogP contribution in [0.3, 0.4) is 0 Å². The summed E-state index contributed by atoms with van der Waals surface area (Å²) < 4.78 is 0. The first-order valence-electron chi connectivity index (χ1n) is 7.30. The van der Waals surface area contributed by atoms with Gasteiger partial charge in [0.2, 0.25) is 0 Å². The van der Waals surface area contributed by atoms with E-state index in [9.17, 15) is 0 Å². The molecular weight excluding hydrogens is 248 g/mol. The van der Waals surface area contributed by atoms with E-state index in [-0.39, 0.29) is 0 Å². The third-order valence-corrected chi connectivity index (χ3v) is 3.56. The van der Waals surface area contributed by atoms with Gasteiger partial charge < -0.3 is 10.2 Å². The number of anilines is 3. The highest BCUT2D eigenvalue weighted by Crippen LogP contribution is 2.32. The summed E-state index contributed by atoms with van der Waals surface area (Å²) in [4.78, 5) is 11.3. The number of hydrogen-bond acceptors (Lipinski definition) is 4. The highest BCUT2D eigenvalue weighted by molar-refractivity contribution is 5.65. The molecule has 104 valence electrons. The molecule has 3 rings (SSSR count). The lowest BCUT2D eigenvalue weighted by atomic mass is 10.0. The summed E-state index contributed by atoms with van der Waals surface area (Å²) in [6.07, 6.45) is 7.02. The van der Waals surface area contributed by atoms with Crippen molar-refractivity contribution in [2.45, 2.75) is 26.2 Å². The van der Waals surface area contributed by atoms with Crippen LogP contribution >= 0.6 is 0 Å². The minimum atomic E-state index is 0.854. The van der Waals surface area contributed by atoms with Crippen molar-refractivity contribution in [1.82, 2.24) is 9.97 Å². The monoisotopic (exact) mass is 268 g/mol. The molecule has 0 radical (unpaired) electrons. The predicted octanol–water partition coefficient (Wildman–Crippen LogP) is 3.38. The number of aryl methyl sites for hydroxylation is 1. The second kappa shape index (κ2) is 5.90. The Kier molecular flexibility index (Phi) is 3.81. The van der Waals surface area contributed by atoms with E-state index in [0.29, 0.717) is 0 Å². The van der Waals surface area contributed by atoms with Gasteiger partial charge in [0.25, 0.3) is 0 Å². The van der Waals surface area contributed by atoms with Crippen molar-refractivity contribution < 1.29 is 0 Å². The van der Waals surface area contributed by atoms with E-state index in [2.05, 4.69) is 51.4 Å². The third-order valence-electron chi connectivity index (χ3n) is 3.56. The zero-order valence-corrected chi connectivity index (χ0v) is 11.8. The van der Waals surface area contributed by atoms with Gasteiger partial charge in [0.05, 0.1) is 12.4 Å². The molecule has 4 heteroatoms. The Morgan fingerprint density at radius 2 is 2.15 bits per heavy atom. The van der Waals surface area contributed by atoms with E-state index < -0.39 is 0 Å². The number of para-hydroxylation sites is 1. The molecule has 0 fully saturated rings. The van der Waals surface area contributed by atoms with E-state index in [1.165, 1.54) is 11.3 Å². The van der Waals surface area contributed by atoms with Crippen molar-refractivity contribution in [2.75, 3.05) is 23.3 Å². The quantitative estimate of drug-likeness (QED) is 0.923. The summed E-state index contributed by atoms with van der Waals surface area (Å²) in [5, 5.41) is 3.30. The second-order valence-electron chi connectivity index (χ2n) is 5.07. The highest BCUT2D eigenvalue weighted by atomic mass is 15.2. The van der Waals surface area contributed by atoms with E-state index in [1.54, 1.807) is 6.20 Å². The summed E-state index contributed by atoms with van der Waals surface area (Å²) in [6.45, 7) is 4.07. The molecule has 1 aliphatic rings. The van der Waals surface area contributed by atoms with Crippen LogP contribution in [0.25, 0.3) is 0 Å². The molecule has 2 heterocycles. The number of aromatic nitrogens is 2. The Balaban J connectivity index is 1.90. The van der Waals surface area contributed by atoms with Gasteiger partial charge in [-0.3, -0.25) is 4.98 Å². The average Bonchev–Trinajstić information content (AvgIpc) is 2.52. The Morgan fingerprint density at radius 1 is 1.25 bits per heavy atom. The predicted molar refractivity (Wildman–Crippen MR) is 82.6 cm³/mol. The van der Waals surface area contributed by atoms with Gasteiger partial charge in [0.1, 0.15) is 5.82 Å². The number of fused-ring (bicyclic) bond motifs is 1. The number of benzene rings is 1. The summed E-state index contributed by atoms with van der Waals surface area (Å²) in [6, 6.07) is 8.56. The smallest absolute Gasteiger partial charge is 0.153 e. The van der Waals surface area contributed by atoms with Crippen molar-refractivity contribution >= 4 is 17.3 Å². The fourth-order valence-electron chi connectivity index (χ4n) is 2.60. The second-order valence-corrected chi connectivity index (χ2v) is 5.07. The molecule has 0 saturated heterocycles. The molecule has 0 unspecified atom stereocenters. The van der Waals surface area contributed by atoms with Gasteiger partial charge in [-0.25, -0.2) is 4.98 Å². The van der Waals surface area contributed by atoms with E-state index >= 15 is 0 Å². The first-order chi connectivity index (χ1) is 9.88. The van der Waals surface area contributed by atoms with Crippen LogP contribution in [0.4, 0.5) is 17.3 Å². The lowest BCUT2D eigenvalue weighted by Gasteiger charge is -2.30. The number of rotatable bonds is 4. The SMILES string of the molecule is CCCNc1cncc(N2CCCc3ccccc32)n1. The molecule has 0 atom stereocenters. The molecule has 0 aliphatic carbocycles. The largest absolute Gasteiger partial charge is 0.369 e. The fourth-order valence-corrected chi connectivity index (χ4v) is 2.60. The van der Waals surface area contributed by atoms with Gasteiger partial charge in [-0.2, -0.15) is 0 Å². The maximum absolute atomic E-state index is 4.69. The summed E-state index contributed by atoms with van der Waals surface area (Å²) >= 11 is 0. The van der Waals surface area contributed by atoms with Gasteiger partial charge in [-0.15, -0.1) is 0 Å². The van der Waals surface area contributed by atoms with Crippen molar-refractivity contribution in [3.63, 3.8) is 0 Å². The Labute approximate surface area is 119 Å². The Morgan fingerprint density at radius 3 is 3.05 bits per heavy atom. The molecule has 0 bridgehead atoms. The lowest BCUT2D eigenvalue weighted by molar-refractivity contribution is 0.758. The van der Waals surface area contributed by atoms with Crippen molar-refractivity contribution in [3.8, 4) is 0 Å². The maximum Gasteiger partial charge on any atom is 0.153 e. The molecule has 20 heavy (non-hydrogen) atoms. The molecular formula is C16H20N4. The number of nitrogens with zero attached hydrogens (tertiary/aromatic N) is 3. The summed E-state index contributed by atoms with van der Waals surface area (Å²) in [5.41, 5.74) is 2.66. The van der Waals surface area contributed by atoms with Gasteiger partial charge >= 0.3 is 0 Å². The molecule has 0 amide bonds. The van der Waals surface area contributed by atoms with Crippen LogP contribution in [-0.4, -0.2) is 23.1 Å². The molecule has 0 spiro atoms. The topological polar surface area (TPSA) is 41.1 Å². The first-order valence-corrected chi connectivity index (χ1v) is 7.30. The molecule has 1 aromatic carbocycles. The van der Waals surface area contributed by atoms with Gasteiger partial charge in [-0.1, -0.05) is 25.1 Å². The van der Waals surface area contributed by atoms with Gasteiger partial charge in [-0.05, 0) is 30.9 Å². The highest BCUT2D eigenvalue weighted by Gasteiger charge is 2.19. The zero-order chi connectivity index (χ0) is 13.8. The molecule has 0 saturated carbocycles. The van der Waals surface area contributed by atoms with Crippen molar-refractivity contribution in [3.05, 3.63) is 42.2 Å². The molecule has 1 N–H and O–H groups in total. The maximum atomic E-state index is 4.69. The fraction of sp³-hybridized carbons (Fsp3) is 0.375. The normalized spacial score (nSPS) is 13.9. The minimum Gasteiger partial charge on any atom is -0.369 e. The van der Waals surface area contributed by atoms with Crippen LogP contribution in [-0.2, 0) is 6.42 Å². The molecule has 1 aromatic heterocycles. The molecule has 2 aromatic rings. The van der Waals surface area contributed by atoms with E-state index in [0.717, 1.165) is 44.0 Å². The standard InChI is InChI=1S/C16H20N4/c1-2-9-18-15-11-17-12-16(19-15)20-10-5-7-13-6-3-4-8-14(13)20/h3-4,6,8,11-12H,2,5,7,9-10H2,1H3,(H,18,19). The van der Waals surface area contributed by atoms with Crippen LogP contribution in [0.1, 0.15) is 25.3 Å². The first kappa shape index (κ1) is 12.9. The van der Waals surface area contributed by atoms with Crippen LogP contribution in [0.5, 0.6) is 0 Å². The Hall–Kier alpha value is -2.10. The van der Waals surface area contributed by atoms with E-state index in [1.807, 2.05) is 6.20 Å². The van der Waals surface area contributed by atoms with Crippen LogP contribution < -0.4 is 10.2 Å². The summed E-state index contributed by atoms with van der Waals surface area (Å²) in [7, 11) is 0. The van der Waals surface area contributed by atoms with Crippen LogP contribution in [0.2, 0.25) is 0 Å². The number of hydrogen-bond donors (Lipinski definition) is 1. The summed E-state index contributed by atoms with van der Waals surface area (Å²) in [5.74, 6) is 1.78. The Bertz CT molecular complexity index is 582. The van der Waals surface area contributed by atoms with E-state index in [4.69, 9.17) is 0 Å². The third kappa shape index (κ3) is 2.59. The van der Waals surface area contributed by atoms with Gasteiger partial charge in [0, 0.05) is 18.8 Å². The van der Waals surface area contributed by atoms with Gasteiger partial charge in [0.15, 0.2) is 5.82 Å². The molecule has 1 aliphatic heterocycles. The lowest BCUT2D eigenvalue weighted by Crippen LogP contribution is -2.25. The average molecular weight is 268 g/mol. The van der Waals surface area contributed by atoms with Crippen LogP contribution in [0, 0.1) is 0 Å².